The maximum absolute atomic E-state index is 4.87. The van der Waals surface area contributed by atoms with Crippen LogP contribution in [0.25, 0.3) is 0 Å². The molecule has 0 aliphatic carbocycles. The topological polar surface area (TPSA) is 24.9 Å². The molecule has 1 N–H and O–H groups in total. The van der Waals surface area contributed by atoms with Crippen molar-refractivity contribution in [3.63, 3.8) is 0 Å². The summed E-state index contributed by atoms with van der Waals surface area (Å²) in [4.78, 5) is 4.87. The maximum atomic E-state index is 4.87. The molecule has 1 aliphatic heterocycles. The molecule has 0 aromatic carbocycles. The number of piperidine rings is 1. The first-order valence-electron chi connectivity index (χ1n) is 10.5. The van der Waals surface area contributed by atoms with Gasteiger partial charge >= 0.3 is 0 Å². The molecule has 2 heteroatoms. The van der Waals surface area contributed by atoms with Crippen LogP contribution in [0.2, 0.25) is 0 Å². The molecule has 1 aliphatic rings. The Hall–Kier alpha value is -0.890. The molecule has 2 nitrogen and oxygen atoms in total. The fraction of sp³-hybridized carbons (Fsp3) is 0.783. The summed E-state index contributed by atoms with van der Waals surface area (Å²) in [5, 5.41) is 3.50. The fourth-order valence-corrected chi connectivity index (χ4v) is 4.95. The molecule has 142 valence electrons. The van der Waals surface area contributed by atoms with Crippen molar-refractivity contribution in [1.29, 1.82) is 0 Å². The molecule has 0 spiro atoms. The number of rotatable bonds is 8. The zero-order valence-corrected chi connectivity index (χ0v) is 17.5. The van der Waals surface area contributed by atoms with E-state index in [4.69, 9.17) is 4.98 Å². The Bertz CT molecular complexity index is 509. The van der Waals surface area contributed by atoms with Gasteiger partial charge in [-0.05, 0) is 73.6 Å². The first-order valence-corrected chi connectivity index (χ1v) is 10.5. The van der Waals surface area contributed by atoms with Gasteiger partial charge in [0.1, 0.15) is 0 Å². The number of nitrogens with one attached hydrogen (secondary N) is 1. The van der Waals surface area contributed by atoms with Gasteiger partial charge in [-0.15, -0.1) is 0 Å². The van der Waals surface area contributed by atoms with Gasteiger partial charge in [-0.2, -0.15) is 0 Å². The van der Waals surface area contributed by atoms with E-state index in [1.807, 2.05) is 0 Å². The zero-order valence-electron chi connectivity index (χ0n) is 17.5. The van der Waals surface area contributed by atoms with E-state index in [1.54, 1.807) is 0 Å². The van der Waals surface area contributed by atoms with E-state index in [1.165, 1.54) is 62.9 Å². The Morgan fingerprint density at radius 3 is 2.32 bits per heavy atom. The van der Waals surface area contributed by atoms with Crippen molar-refractivity contribution in [1.82, 2.24) is 10.3 Å². The molecule has 2 heterocycles. The minimum atomic E-state index is 0.173. The van der Waals surface area contributed by atoms with Crippen molar-refractivity contribution in [3.05, 3.63) is 29.6 Å². The first kappa shape index (κ1) is 20.4. The van der Waals surface area contributed by atoms with Gasteiger partial charge in [0.05, 0.1) is 0 Å². The summed E-state index contributed by atoms with van der Waals surface area (Å²) in [6.07, 6.45) is 9.67. The second-order valence-electron chi connectivity index (χ2n) is 9.44. The van der Waals surface area contributed by atoms with Crippen LogP contribution in [-0.4, -0.2) is 18.1 Å². The van der Waals surface area contributed by atoms with Crippen LogP contribution < -0.4 is 5.32 Å². The number of pyridine rings is 1. The molecule has 1 fully saturated rings. The Morgan fingerprint density at radius 1 is 1.12 bits per heavy atom. The molecule has 0 bridgehead atoms. The third-order valence-electron chi connectivity index (χ3n) is 6.46. The standard InChI is InChI=1S/C23H40N2/c1-7-9-18(8-2)21-11-10-20(16-25-21)23(5,6)17-22(3,4)19-12-14-24-15-13-19/h10-11,16,18-19,24H,7-9,12-15,17H2,1-6H3. The van der Waals surface area contributed by atoms with E-state index < -0.39 is 0 Å². The average molecular weight is 345 g/mol. The van der Waals surface area contributed by atoms with Crippen LogP contribution in [0.3, 0.4) is 0 Å². The van der Waals surface area contributed by atoms with Crippen LogP contribution in [-0.2, 0) is 5.41 Å². The molecule has 1 atom stereocenters. The lowest BCUT2D eigenvalue weighted by Crippen LogP contribution is -2.39. The molecule has 0 saturated carbocycles. The highest BCUT2D eigenvalue weighted by atomic mass is 14.9. The highest BCUT2D eigenvalue weighted by molar-refractivity contribution is 5.24. The molecule has 25 heavy (non-hydrogen) atoms. The van der Waals surface area contributed by atoms with Crippen LogP contribution in [0.1, 0.15) is 97.2 Å². The van der Waals surface area contributed by atoms with Crippen molar-refractivity contribution >= 4 is 0 Å². The summed E-state index contributed by atoms with van der Waals surface area (Å²) in [5.74, 6) is 1.45. The summed E-state index contributed by atoms with van der Waals surface area (Å²) in [5.41, 5.74) is 3.22. The molecule has 1 saturated heterocycles. The van der Waals surface area contributed by atoms with Crippen molar-refractivity contribution in [2.75, 3.05) is 13.1 Å². The second-order valence-corrected chi connectivity index (χ2v) is 9.44. The highest BCUT2D eigenvalue weighted by Gasteiger charge is 2.36. The first-order chi connectivity index (χ1) is 11.8. The molecular formula is C23H40N2. The molecule has 0 radical (unpaired) electrons. The zero-order chi connectivity index (χ0) is 18.5. The summed E-state index contributed by atoms with van der Waals surface area (Å²) in [6.45, 7) is 16.7. The van der Waals surface area contributed by atoms with Gasteiger partial charge in [-0.1, -0.05) is 54.0 Å². The van der Waals surface area contributed by atoms with Crippen LogP contribution in [0.4, 0.5) is 0 Å². The van der Waals surface area contributed by atoms with Crippen molar-refractivity contribution < 1.29 is 0 Å². The Kier molecular flexibility index (Phi) is 7.08. The van der Waals surface area contributed by atoms with Crippen molar-refractivity contribution in [3.8, 4) is 0 Å². The van der Waals surface area contributed by atoms with Gasteiger partial charge in [0.2, 0.25) is 0 Å². The quantitative estimate of drug-likeness (QED) is 0.619. The van der Waals surface area contributed by atoms with Crippen molar-refractivity contribution in [2.24, 2.45) is 11.3 Å². The maximum Gasteiger partial charge on any atom is 0.0434 e. The summed E-state index contributed by atoms with van der Waals surface area (Å²) in [7, 11) is 0. The SMILES string of the molecule is CCCC(CC)c1ccc(C(C)(C)CC(C)(C)C2CCNCC2)cn1. The van der Waals surface area contributed by atoms with E-state index in [2.05, 4.69) is 65.2 Å². The lowest BCUT2D eigenvalue weighted by molar-refractivity contribution is 0.124. The predicted octanol–water partition coefficient (Wildman–Crippen LogP) is 6.07. The third-order valence-corrected chi connectivity index (χ3v) is 6.46. The molecule has 1 aromatic heterocycles. The molecule has 0 amide bonds. The lowest BCUT2D eigenvalue weighted by atomic mass is 9.64. The lowest BCUT2D eigenvalue weighted by Gasteiger charge is -2.42. The van der Waals surface area contributed by atoms with Crippen LogP contribution in [0.5, 0.6) is 0 Å². The van der Waals surface area contributed by atoms with Crippen molar-refractivity contribution in [2.45, 2.75) is 91.4 Å². The van der Waals surface area contributed by atoms with E-state index in [-0.39, 0.29) is 5.41 Å². The average Bonchev–Trinajstić information content (AvgIpc) is 2.60. The molecular weight excluding hydrogens is 304 g/mol. The second kappa shape index (κ2) is 8.66. The molecule has 2 rings (SSSR count). The van der Waals surface area contributed by atoms with E-state index in [0.717, 1.165) is 5.92 Å². The summed E-state index contributed by atoms with van der Waals surface area (Å²) < 4.78 is 0. The molecule has 1 aromatic rings. The summed E-state index contributed by atoms with van der Waals surface area (Å²) in [6, 6.07) is 4.64. The number of hydrogen-bond donors (Lipinski definition) is 1. The number of hydrogen-bond acceptors (Lipinski definition) is 2. The largest absolute Gasteiger partial charge is 0.317 e. The normalized spacial score (nSPS) is 18.3. The van der Waals surface area contributed by atoms with E-state index in [0.29, 0.717) is 11.3 Å². The smallest absolute Gasteiger partial charge is 0.0434 e. The number of nitrogens with zero attached hydrogens (tertiary/aromatic N) is 1. The molecule has 1 unspecified atom stereocenters. The van der Waals surface area contributed by atoms with Gasteiger partial charge in [0.25, 0.3) is 0 Å². The Morgan fingerprint density at radius 2 is 1.80 bits per heavy atom. The van der Waals surface area contributed by atoms with Gasteiger partial charge in [-0.25, -0.2) is 0 Å². The number of aromatic nitrogens is 1. The Labute approximate surface area is 156 Å². The van der Waals surface area contributed by atoms with Crippen LogP contribution >= 0.6 is 0 Å². The highest BCUT2D eigenvalue weighted by Crippen LogP contribution is 2.44. The predicted molar refractivity (Wildman–Crippen MR) is 109 cm³/mol. The van der Waals surface area contributed by atoms with E-state index in [9.17, 15) is 0 Å². The third kappa shape index (κ3) is 5.29. The monoisotopic (exact) mass is 344 g/mol. The van der Waals surface area contributed by atoms with Crippen LogP contribution in [0, 0.1) is 11.3 Å². The minimum Gasteiger partial charge on any atom is -0.317 e. The van der Waals surface area contributed by atoms with Gasteiger partial charge < -0.3 is 5.32 Å². The van der Waals surface area contributed by atoms with Crippen LogP contribution in [0.15, 0.2) is 18.3 Å². The van der Waals surface area contributed by atoms with Gasteiger partial charge in [0.15, 0.2) is 0 Å². The summed E-state index contributed by atoms with van der Waals surface area (Å²) >= 11 is 0. The Balaban J connectivity index is 2.10. The fourth-order valence-electron chi connectivity index (χ4n) is 4.95. The minimum absolute atomic E-state index is 0.173. The van der Waals surface area contributed by atoms with E-state index >= 15 is 0 Å². The van der Waals surface area contributed by atoms with Gasteiger partial charge in [-0.3, -0.25) is 4.98 Å². The van der Waals surface area contributed by atoms with Gasteiger partial charge in [0, 0.05) is 17.8 Å².